The number of aromatic amines is 1. The van der Waals surface area contributed by atoms with Crippen LogP contribution in [-0.2, 0) is 35.4 Å². The van der Waals surface area contributed by atoms with Crippen LogP contribution in [0.25, 0.3) is 10.9 Å². The van der Waals surface area contributed by atoms with Gasteiger partial charge < -0.3 is 41.3 Å². The first kappa shape index (κ1) is 40.0. The molecular formula is C44H59N9O4. The number of aromatic hydroxyl groups is 1. The minimum Gasteiger partial charge on any atom is -0.508 e. The van der Waals surface area contributed by atoms with E-state index in [1.165, 1.54) is 32.1 Å². The molecule has 2 fully saturated rings. The van der Waals surface area contributed by atoms with Gasteiger partial charge in [0.2, 0.25) is 17.7 Å². The molecule has 13 heteroatoms. The summed E-state index contributed by atoms with van der Waals surface area (Å²) in [6.45, 7) is 9.01. The van der Waals surface area contributed by atoms with E-state index in [1.807, 2.05) is 44.3 Å². The van der Waals surface area contributed by atoms with Crippen molar-refractivity contribution in [2.75, 3.05) is 5.73 Å². The van der Waals surface area contributed by atoms with E-state index in [4.69, 9.17) is 21.0 Å². The molecule has 2 saturated carbocycles. The van der Waals surface area contributed by atoms with E-state index < -0.39 is 29.9 Å². The Balaban J connectivity index is 1.15. The van der Waals surface area contributed by atoms with Gasteiger partial charge in [-0.25, -0.2) is 4.98 Å². The first-order valence-electron chi connectivity index (χ1n) is 20.7. The maximum atomic E-state index is 14.6. The number of imidazole rings is 1. The highest BCUT2D eigenvalue weighted by Crippen LogP contribution is 2.54. The second-order valence-corrected chi connectivity index (χ2v) is 17.2. The number of para-hydroxylation sites is 1. The lowest BCUT2D eigenvalue weighted by Gasteiger charge is -2.50. The number of aromatic nitrogens is 5. The summed E-state index contributed by atoms with van der Waals surface area (Å²) in [5.74, 6) is 2.83. The number of carbonyl (C=O) groups excluding carboxylic acids is 2. The highest BCUT2D eigenvalue weighted by Gasteiger charge is 2.45. The molecular weight excluding hydrogens is 719 g/mol. The first-order valence-corrected chi connectivity index (χ1v) is 20.7. The van der Waals surface area contributed by atoms with Gasteiger partial charge in [-0.15, -0.1) is 0 Å². The SMILES string of the molecule is CCC1CC2CC(C)CC(Cc3noc([C@H](Cc4c[nH]c5ccccc45)NC(=O)[C@H](Cc4c(C)cc(O)cc4C)NC(=O)[C@H](N)CCCn4ccnc4N)n3)(C1)C2. The minimum absolute atomic E-state index is 0.140. The van der Waals surface area contributed by atoms with Crippen molar-refractivity contribution in [1.29, 1.82) is 0 Å². The normalized spacial score (nSPS) is 22.2. The number of hydrogen-bond donors (Lipinski definition) is 6. The summed E-state index contributed by atoms with van der Waals surface area (Å²) in [7, 11) is 0. The maximum absolute atomic E-state index is 14.6. The number of rotatable bonds is 16. The zero-order chi connectivity index (χ0) is 40.3. The molecule has 0 aliphatic heterocycles. The molecule has 2 aliphatic rings. The van der Waals surface area contributed by atoms with Crippen molar-refractivity contribution in [3.63, 3.8) is 0 Å². The summed E-state index contributed by atoms with van der Waals surface area (Å²) >= 11 is 0. The second kappa shape index (κ2) is 17.1. The summed E-state index contributed by atoms with van der Waals surface area (Å²) in [4.78, 5) is 40.7. The van der Waals surface area contributed by atoms with Crippen LogP contribution in [0.2, 0.25) is 0 Å². The Labute approximate surface area is 334 Å². The molecule has 3 heterocycles. The molecule has 2 bridgehead atoms. The number of anilines is 1. The van der Waals surface area contributed by atoms with E-state index in [0.29, 0.717) is 55.3 Å². The van der Waals surface area contributed by atoms with Crippen LogP contribution >= 0.6 is 0 Å². The molecule has 7 rings (SSSR count). The Kier molecular flexibility index (Phi) is 12.0. The number of H-pyrrole nitrogens is 1. The van der Waals surface area contributed by atoms with Crippen LogP contribution in [0.5, 0.6) is 5.75 Å². The Morgan fingerprint density at radius 1 is 1.09 bits per heavy atom. The zero-order valence-corrected chi connectivity index (χ0v) is 33.8. The number of aryl methyl sites for hydroxylation is 3. The number of phenolic OH excluding ortho intramolecular Hbond substituents is 1. The van der Waals surface area contributed by atoms with Crippen molar-refractivity contribution in [1.82, 2.24) is 35.3 Å². The Hall–Kier alpha value is -5.17. The highest BCUT2D eigenvalue weighted by atomic mass is 16.5. The van der Waals surface area contributed by atoms with Crippen molar-refractivity contribution in [3.05, 3.63) is 89.0 Å². The zero-order valence-electron chi connectivity index (χ0n) is 33.8. The van der Waals surface area contributed by atoms with Crippen molar-refractivity contribution in [2.45, 2.75) is 123 Å². The third-order valence-electron chi connectivity index (χ3n) is 12.7. The predicted molar refractivity (Wildman–Crippen MR) is 220 cm³/mol. The molecule has 0 spiro atoms. The number of carbonyl (C=O) groups is 2. The van der Waals surface area contributed by atoms with Crippen LogP contribution in [-0.4, -0.2) is 53.7 Å². The fourth-order valence-corrected chi connectivity index (χ4v) is 10.1. The number of fused-ring (bicyclic) bond motifs is 3. The highest BCUT2D eigenvalue weighted by molar-refractivity contribution is 5.90. The first-order chi connectivity index (χ1) is 27.4. The number of hydrogen-bond acceptors (Lipinski definition) is 9. The van der Waals surface area contributed by atoms with Crippen molar-refractivity contribution < 1.29 is 19.2 Å². The van der Waals surface area contributed by atoms with E-state index in [-0.39, 0.29) is 17.6 Å². The molecule has 13 nitrogen and oxygen atoms in total. The quantitative estimate of drug-likeness (QED) is 0.0658. The number of nitrogens with one attached hydrogen (secondary N) is 3. The molecule has 304 valence electrons. The lowest BCUT2D eigenvalue weighted by Crippen LogP contribution is -2.53. The van der Waals surface area contributed by atoms with Crippen LogP contribution in [0.3, 0.4) is 0 Å². The van der Waals surface area contributed by atoms with Gasteiger partial charge >= 0.3 is 0 Å². The van der Waals surface area contributed by atoms with Crippen LogP contribution in [0.4, 0.5) is 5.95 Å². The van der Waals surface area contributed by atoms with E-state index in [9.17, 15) is 14.7 Å². The van der Waals surface area contributed by atoms with Crippen molar-refractivity contribution in [2.24, 2.45) is 28.9 Å². The third kappa shape index (κ3) is 9.35. The molecule has 0 saturated heterocycles. The van der Waals surface area contributed by atoms with E-state index in [2.05, 4.69) is 39.6 Å². The number of amides is 2. The molecule has 0 radical (unpaired) electrons. The number of benzene rings is 2. The molecule has 2 aromatic carbocycles. The smallest absolute Gasteiger partial charge is 0.249 e. The van der Waals surface area contributed by atoms with Gasteiger partial charge in [-0.2, -0.15) is 4.98 Å². The van der Waals surface area contributed by atoms with Crippen LogP contribution in [0.1, 0.15) is 105 Å². The number of nitrogens with zero attached hydrogens (tertiary/aromatic N) is 4. The summed E-state index contributed by atoms with van der Waals surface area (Å²) in [6.07, 6.45) is 15.0. The summed E-state index contributed by atoms with van der Waals surface area (Å²) < 4.78 is 7.86. The monoisotopic (exact) mass is 777 g/mol. The molecule has 7 atom stereocenters. The largest absolute Gasteiger partial charge is 0.508 e. The van der Waals surface area contributed by atoms with Gasteiger partial charge in [0, 0.05) is 55.3 Å². The van der Waals surface area contributed by atoms with E-state index >= 15 is 0 Å². The van der Waals surface area contributed by atoms with Gasteiger partial charge in [0.25, 0.3) is 0 Å². The molecule has 57 heavy (non-hydrogen) atoms. The van der Waals surface area contributed by atoms with Gasteiger partial charge in [-0.1, -0.05) is 43.6 Å². The third-order valence-corrected chi connectivity index (χ3v) is 12.7. The maximum Gasteiger partial charge on any atom is 0.249 e. The Bertz CT molecular complexity index is 2150. The molecule has 3 aromatic heterocycles. The van der Waals surface area contributed by atoms with Gasteiger partial charge in [0.1, 0.15) is 17.8 Å². The van der Waals surface area contributed by atoms with Crippen LogP contribution < -0.4 is 22.1 Å². The Morgan fingerprint density at radius 3 is 2.63 bits per heavy atom. The topological polar surface area (TPSA) is 203 Å². The van der Waals surface area contributed by atoms with Crippen molar-refractivity contribution in [3.8, 4) is 5.75 Å². The van der Waals surface area contributed by atoms with E-state index in [0.717, 1.165) is 51.9 Å². The number of nitrogens with two attached hydrogens (primary N) is 2. The minimum atomic E-state index is -0.990. The molecule has 2 amide bonds. The standard InChI is InChI=1S/C44H59N9O4/c1-5-29-18-30-15-26(2)21-44(22-29,23-30)24-39-51-42(57-52-39)38(19-31-25-48-36-11-7-6-9-33(31)36)50-41(56)37(20-34-27(3)16-32(54)17-28(34)4)49-40(55)35(45)10-8-13-53-14-12-47-43(53)46/h6-7,9,11-12,14,16-17,25-26,29-30,35,37-38,48,54H,5,8,10,13,15,18-24,45H2,1-4H3,(H2,46,47)(H,49,55)(H,50,56)/t26?,29?,30?,35-,37+,38+,44?/m1/s1. The Morgan fingerprint density at radius 2 is 1.88 bits per heavy atom. The van der Waals surface area contributed by atoms with Gasteiger partial charge in [-0.05, 0) is 122 Å². The molecule has 4 unspecified atom stereocenters. The number of phenols is 1. The van der Waals surface area contributed by atoms with Crippen LogP contribution in [0, 0.1) is 37.0 Å². The fraction of sp³-hybridized carbons (Fsp3) is 0.523. The molecule has 2 aliphatic carbocycles. The molecule has 5 aromatic rings. The average Bonchev–Trinajstić information content (AvgIpc) is 3.91. The van der Waals surface area contributed by atoms with Crippen LogP contribution in [0.15, 0.2) is 59.5 Å². The van der Waals surface area contributed by atoms with Gasteiger partial charge in [0.15, 0.2) is 11.8 Å². The number of nitrogen functional groups attached to an aromatic ring is 1. The van der Waals surface area contributed by atoms with Gasteiger partial charge in [0.05, 0.1) is 6.04 Å². The summed E-state index contributed by atoms with van der Waals surface area (Å²) in [6, 6.07) is 8.83. The summed E-state index contributed by atoms with van der Waals surface area (Å²) in [5, 5.41) is 22.1. The summed E-state index contributed by atoms with van der Waals surface area (Å²) in [5.41, 5.74) is 16.9. The van der Waals surface area contributed by atoms with E-state index in [1.54, 1.807) is 29.1 Å². The second-order valence-electron chi connectivity index (χ2n) is 17.2. The predicted octanol–water partition coefficient (Wildman–Crippen LogP) is 6.37. The molecule has 8 N–H and O–H groups in total. The lowest BCUT2D eigenvalue weighted by atomic mass is 9.55. The fourth-order valence-electron chi connectivity index (χ4n) is 10.1. The van der Waals surface area contributed by atoms with Gasteiger partial charge in [-0.3, -0.25) is 9.59 Å². The lowest BCUT2D eigenvalue weighted by molar-refractivity contribution is -0.130. The van der Waals surface area contributed by atoms with Crippen molar-refractivity contribution >= 4 is 28.7 Å². The average molecular weight is 778 g/mol.